The van der Waals surface area contributed by atoms with Crippen LogP contribution in [0.3, 0.4) is 0 Å². The van der Waals surface area contributed by atoms with Crippen LogP contribution in [0.15, 0.2) is 30.3 Å². The average molecular weight is 340 g/mol. The van der Waals surface area contributed by atoms with Gasteiger partial charge in [0.15, 0.2) is 8.32 Å². The van der Waals surface area contributed by atoms with Crippen molar-refractivity contribution in [1.82, 2.24) is 4.90 Å². The van der Waals surface area contributed by atoms with Crippen LogP contribution in [0.5, 0.6) is 0 Å². The van der Waals surface area contributed by atoms with Gasteiger partial charge in [0.05, 0.1) is 19.3 Å². The third-order valence-electron chi connectivity index (χ3n) is 4.54. The van der Waals surface area contributed by atoms with Crippen LogP contribution in [0.25, 0.3) is 0 Å². The Morgan fingerprint density at radius 1 is 1.26 bits per heavy atom. The summed E-state index contributed by atoms with van der Waals surface area (Å²) in [5.74, 6) is 0. The quantitative estimate of drug-likeness (QED) is 0.745. The summed E-state index contributed by atoms with van der Waals surface area (Å²) in [6.45, 7) is 10.8. The fourth-order valence-corrected chi connectivity index (χ4v) is 2.94. The molecule has 1 aromatic carbocycles. The number of hydrogen-bond acceptors (Lipinski definition) is 3. The molecule has 0 fully saturated rings. The third kappa shape index (κ3) is 5.64. The zero-order chi connectivity index (χ0) is 17.7. The highest BCUT2D eigenvalue weighted by Gasteiger charge is 2.38. The van der Waals surface area contributed by atoms with E-state index in [0.29, 0.717) is 0 Å². The number of benzene rings is 1. The smallest absolute Gasteiger partial charge is 0.408 e. The molecule has 0 heterocycles. The molecule has 6 heteroatoms. The molecular formula is C17H29NO4Si. The van der Waals surface area contributed by atoms with E-state index < -0.39 is 20.5 Å². The predicted molar refractivity (Wildman–Crippen MR) is 94.0 cm³/mol. The maximum atomic E-state index is 11.6. The van der Waals surface area contributed by atoms with E-state index >= 15 is 0 Å². The molecule has 1 amide bonds. The molecule has 5 nitrogen and oxygen atoms in total. The minimum Gasteiger partial charge on any atom is -0.465 e. The lowest BCUT2D eigenvalue weighted by molar-refractivity contribution is 0.0658. The Balaban J connectivity index is 2.81. The molecule has 0 bridgehead atoms. The standard InChI is InChI=1S/C17H29NO4Si/c1-17(2,3)23(4,5)22-13-15(12-19)18(16(20)21)11-14-9-7-6-8-10-14/h6-10,15,19H,11-13H2,1-5H3,(H,20,21). The van der Waals surface area contributed by atoms with Gasteiger partial charge in [-0.2, -0.15) is 0 Å². The molecule has 0 spiro atoms. The Hall–Kier alpha value is -1.37. The zero-order valence-corrected chi connectivity index (χ0v) is 15.7. The fraction of sp³-hybridized carbons (Fsp3) is 0.588. The Morgan fingerprint density at radius 2 is 1.83 bits per heavy atom. The molecule has 0 aliphatic rings. The summed E-state index contributed by atoms with van der Waals surface area (Å²) < 4.78 is 6.09. The molecule has 0 aliphatic carbocycles. The van der Waals surface area contributed by atoms with Crippen molar-refractivity contribution >= 4 is 14.4 Å². The normalized spacial score (nSPS) is 13.7. The summed E-state index contributed by atoms with van der Waals surface area (Å²) in [5.41, 5.74) is 0.890. The summed E-state index contributed by atoms with van der Waals surface area (Å²) in [7, 11) is -1.99. The topological polar surface area (TPSA) is 70.0 Å². The minimum absolute atomic E-state index is 0.0422. The van der Waals surface area contributed by atoms with Crippen LogP contribution < -0.4 is 0 Å². The highest BCUT2D eigenvalue weighted by Crippen LogP contribution is 2.36. The Morgan fingerprint density at radius 3 is 2.26 bits per heavy atom. The van der Waals surface area contributed by atoms with Crippen LogP contribution in [-0.2, 0) is 11.0 Å². The van der Waals surface area contributed by atoms with Crippen LogP contribution in [0.2, 0.25) is 18.1 Å². The van der Waals surface area contributed by atoms with E-state index in [1.54, 1.807) is 0 Å². The van der Waals surface area contributed by atoms with Gasteiger partial charge in [-0.15, -0.1) is 0 Å². The van der Waals surface area contributed by atoms with Gasteiger partial charge >= 0.3 is 6.09 Å². The van der Waals surface area contributed by atoms with Gasteiger partial charge in [-0.05, 0) is 23.7 Å². The van der Waals surface area contributed by atoms with E-state index in [-0.39, 0.29) is 24.8 Å². The second kappa shape index (κ2) is 7.94. The molecule has 130 valence electrons. The minimum atomic E-state index is -1.99. The second-order valence-electron chi connectivity index (χ2n) is 7.30. The van der Waals surface area contributed by atoms with E-state index in [4.69, 9.17) is 4.43 Å². The van der Waals surface area contributed by atoms with E-state index in [0.717, 1.165) is 5.56 Å². The Kier molecular flexibility index (Phi) is 6.79. The van der Waals surface area contributed by atoms with Crippen LogP contribution in [0, 0.1) is 0 Å². The summed E-state index contributed by atoms with van der Waals surface area (Å²) in [6.07, 6.45) is -1.05. The lowest BCUT2D eigenvalue weighted by Crippen LogP contribution is -2.49. The molecule has 1 unspecified atom stereocenters. The number of hydrogen-bond donors (Lipinski definition) is 2. The molecule has 2 N–H and O–H groups in total. The first-order chi connectivity index (χ1) is 10.6. The van der Waals surface area contributed by atoms with E-state index in [2.05, 4.69) is 33.9 Å². The number of aliphatic hydroxyl groups excluding tert-OH is 1. The molecular weight excluding hydrogens is 310 g/mol. The van der Waals surface area contributed by atoms with Crippen LogP contribution in [0.4, 0.5) is 4.79 Å². The van der Waals surface area contributed by atoms with Crippen molar-refractivity contribution in [3.63, 3.8) is 0 Å². The summed E-state index contributed by atoms with van der Waals surface area (Å²) in [5, 5.41) is 19.2. The van der Waals surface area contributed by atoms with Gasteiger partial charge in [-0.25, -0.2) is 4.79 Å². The lowest BCUT2D eigenvalue weighted by Gasteiger charge is -2.38. The first kappa shape index (κ1) is 19.7. The third-order valence-corrected chi connectivity index (χ3v) is 9.04. The molecule has 0 aromatic heterocycles. The number of rotatable bonds is 7. The van der Waals surface area contributed by atoms with Crippen molar-refractivity contribution in [2.75, 3.05) is 13.2 Å². The van der Waals surface area contributed by atoms with Gasteiger partial charge in [0.2, 0.25) is 0 Å². The van der Waals surface area contributed by atoms with Crippen molar-refractivity contribution < 1.29 is 19.4 Å². The molecule has 23 heavy (non-hydrogen) atoms. The van der Waals surface area contributed by atoms with Crippen molar-refractivity contribution in [3.05, 3.63) is 35.9 Å². The van der Waals surface area contributed by atoms with E-state index in [1.807, 2.05) is 30.3 Å². The second-order valence-corrected chi connectivity index (χ2v) is 12.1. The largest absolute Gasteiger partial charge is 0.465 e. The first-order valence-corrected chi connectivity index (χ1v) is 10.8. The molecule has 1 aromatic rings. The zero-order valence-electron chi connectivity index (χ0n) is 14.7. The van der Waals surface area contributed by atoms with Gasteiger partial charge in [-0.1, -0.05) is 51.1 Å². The molecule has 0 saturated carbocycles. The van der Waals surface area contributed by atoms with Gasteiger partial charge in [0.25, 0.3) is 0 Å². The Labute approximate surface area is 140 Å². The molecule has 1 rings (SSSR count). The first-order valence-electron chi connectivity index (χ1n) is 7.87. The predicted octanol–water partition coefficient (Wildman–Crippen LogP) is 3.55. The fourth-order valence-electron chi connectivity index (χ4n) is 1.90. The van der Waals surface area contributed by atoms with E-state index in [9.17, 15) is 15.0 Å². The average Bonchev–Trinajstić information content (AvgIpc) is 2.46. The van der Waals surface area contributed by atoms with Crippen LogP contribution >= 0.6 is 0 Å². The maximum absolute atomic E-state index is 11.6. The number of carboxylic acid groups (broad SMARTS) is 1. The number of amides is 1. The Bertz CT molecular complexity index is 499. The maximum Gasteiger partial charge on any atom is 0.408 e. The van der Waals surface area contributed by atoms with Crippen LogP contribution in [-0.4, -0.2) is 48.8 Å². The number of aliphatic hydroxyl groups is 1. The van der Waals surface area contributed by atoms with Crippen molar-refractivity contribution in [2.24, 2.45) is 0 Å². The number of carbonyl (C=O) groups is 1. The molecule has 0 radical (unpaired) electrons. The van der Waals surface area contributed by atoms with Crippen molar-refractivity contribution in [3.8, 4) is 0 Å². The van der Waals surface area contributed by atoms with Gasteiger partial charge in [0.1, 0.15) is 0 Å². The highest BCUT2D eigenvalue weighted by molar-refractivity contribution is 6.74. The number of nitrogens with zero attached hydrogens (tertiary/aromatic N) is 1. The molecule has 0 aliphatic heterocycles. The van der Waals surface area contributed by atoms with Gasteiger partial charge in [-0.3, -0.25) is 4.90 Å². The van der Waals surface area contributed by atoms with Crippen molar-refractivity contribution in [2.45, 2.75) is 51.5 Å². The summed E-state index contributed by atoms with van der Waals surface area (Å²) >= 11 is 0. The van der Waals surface area contributed by atoms with E-state index in [1.165, 1.54) is 4.90 Å². The summed E-state index contributed by atoms with van der Waals surface area (Å²) in [6, 6.07) is 8.81. The van der Waals surface area contributed by atoms with Crippen LogP contribution in [0.1, 0.15) is 26.3 Å². The highest BCUT2D eigenvalue weighted by atomic mass is 28.4. The monoisotopic (exact) mass is 339 g/mol. The van der Waals surface area contributed by atoms with Gasteiger partial charge in [0, 0.05) is 6.54 Å². The van der Waals surface area contributed by atoms with Gasteiger partial charge < -0.3 is 14.6 Å². The lowest BCUT2D eigenvalue weighted by atomic mass is 10.2. The summed E-state index contributed by atoms with van der Waals surface area (Å²) in [4.78, 5) is 12.8. The molecule has 1 atom stereocenters. The molecule has 0 saturated heterocycles. The SMILES string of the molecule is CC(C)(C)[Si](C)(C)OCC(CO)N(Cc1ccccc1)C(=O)O. The van der Waals surface area contributed by atoms with Crippen molar-refractivity contribution in [1.29, 1.82) is 0 Å².